The van der Waals surface area contributed by atoms with Gasteiger partial charge in [-0.25, -0.2) is 0 Å². The first-order valence-electron chi connectivity index (χ1n) is 25.5. The smallest absolute Gasteiger partial charge is 0.220 e. The maximum absolute atomic E-state index is 12.4. The van der Waals surface area contributed by atoms with E-state index in [1.807, 2.05) is 6.08 Å². The summed E-state index contributed by atoms with van der Waals surface area (Å²) in [6, 6.07) is -0.640. The standard InChI is InChI=1S/C56H97NO3/c1-3-5-7-9-11-13-15-17-19-21-23-25-26-27-28-29-30-32-34-36-38-40-42-44-46-48-50-52-56(60)57-54(53-58)55(59)51-49-47-45-43-41-39-37-35-33-31-24-22-20-18-16-14-12-10-8-6-4-2/h5,7,11,13,17,19,23,25,27-28,30,32,36,38,49,51,54-55,58-59H,3-4,6,8-10,12,14-16,18,20-22,24,26,29,31,33-35,37,39-48,50,52-53H2,1-2H3,(H,57,60)/b7-5-,13-11-,19-17-,25-23-,28-27-,32-30-,38-36-,51-49+. The average molecular weight is 832 g/mol. The van der Waals surface area contributed by atoms with Gasteiger partial charge in [0.05, 0.1) is 18.8 Å². The quantitative estimate of drug-likeness (QED) is 0.0423. The largest absolute Gasteiger partial charge is 0.394 e. The van der Waals surface area contributed by atoms with E-state index in [-0.39, 0.29) is 12.5 Å². The first-order valence-corrected chi connectivity index (χ1v) is 25.5. The van der Waals surface area contributed by atoms with Crippen molar-refractivity contribution in [2.24, 2.45) is 0 Å². The van der Waals surface area contributed by atoms with Crippen molar-refractivity contribution in [3.63, 3.8) is 0 Å². The van der Waals surface area contributed by atoms with Crippen LogP contribution in [0, 0.1) is 0 Å². The number of aliphatic hydroxyl groups excluding tert-OH is 2. The Balaban J connectivity index is 3.65. The van der Waals surface area contributed by atoms with Gasteiger partial charge >= 0.3 is 0 Å². The van der Waals surface area contributed by atoms with E-state index < -0.39 is 12.1 Å². The molecule has 0 aromatic heterocycles. The molecule has 0 rings (SSSR count). The Hall–Kier alpha value is -2.69. The van der Waals surface area contributed by atoms with Crippen LogP contribution in [0.5, 0.6) is 0 Å². The van der Waals surface area contributed by atoms with E-state index in [0.717, 1.165) is 83.5 Å². The number of hydrogen-bond donors (Lipinski definition) is 3. The van der Waals surface area contributed by atoms with E-state index in [1.54, 1.807) is 6.08 Å². The minimum atomic E-state index is -0.855. The second kappa shape index (κ2) is 50.7. The highest BCUT2D eigenvalue weighted by Crippen LogP contribution is 2.15. The van der Waals surface area contributed by atoms with Crippen LogP contribution < -0.4 is 5.32 Å². The zero-order valence-corrected chi connectivity index (χ0v) is 39.4. The number of unbranched alkanes of at least 4 members (excludes halogenated alkanes) is 24. The maximum Gasteiger partial charge on any atom is 0.220 e. The Morgan fingerprint density at radius 2 is 0.733 bits per heavy atom. The van der Waals surface area contributed by atoms with Gasteiger partial charge in [0.1, 0.15) is 0 Å². The fourth-order valence-corrected chi connectivity index (χ4v) is 7.22. The van der Waals surface area contributed by atoms with Crippen molar-refractivity contribution < 1.29 is 15.0 Å². The van der Waals surface area contributed by atoms with Gasteiger partial charge < -0.3 is 15.5 Å². The number of aliphatic hydroxyl groups is 2. The molecule has 2 atom stereocenters. The summed E-state index contributed by atoms with van der Waals surface area (Å²) in [7, 11) is 0. The molecule has 1 amide bonds. The normalized spacial score (nSPS) is 13.7. The first kappa shape index (κ1) is 57.3. The summed E-state index contributed by atoms with van der Waals surface area (Å²) in [5.41, 5.74) is 0. The molecular formula is C56H97NO3. The number of amides is 1. The van der Waals surface area contributed by atoms with Crippen LogP contribution in [0.3, 0.4) is 0 Å². The van der Waals surface area contributed by atoms with Crippen LogP contribution in [0.15, 0.2) is 97.2 Å². The Morgan fingerprint density at radius 1 is 0.417 bits per heavy atom. The molecule has 0 aliphatic heterocycles. The molecule has 0 radical (unpaired) electrons. The molecule has 2 unspecified atom stereocenters. The summed E-state index contributed by atoms with van der Waals surface area (Å²) in [5, 5.41) is 23.1. The predicted octanol–water partition coefficient (Wildman–Crippen LogP) is 16.6. The van der Waals surface area contributed by atoms with Gasteiger partial charge in [-0.15, -0.1) is 0 Å². The summed E-state index contributed by atoms with van der Waals surface area (Å²) in [6.45, 7) is 4.19. The summed E-state index contributed by atoms with van der Waals surface area (Å²) in [4.78, 5) is 12.4. The number of allylic oxidation sites excluding steroid dienone is 15. The third-order valence-electron chi connectivity index (χ3n) is 11.1. The van der Waals surface area contributed by atoms with E-state index >= 15 is 0 Å². The van der Waals surface area contributed by atoms with Crippen LogP contribution in [0.1, 0.15) is 232 Å². The van der Waals surface area contributed by atoms with Crippen molar-refractivity contribution in [2.75, 3.05) is 6.61 Å². The molecule has 3 N–H and O–H groups in total. The molecule has 0 aromatic rings. The van der Waals surface area contributed by atoms with Crippen LogP contribution in [0.4, 0.5) is 0 Å². The van der Waals surface area contributed by atoms with Crippen LogP contribution >= 0.6 is 0 Å². The van der Waals surface area contributed by atoms with Gasteiger partial charge in [-0.05, 0) is 77.0 Å². The summed E-state index contributed by atoms with van der Waals surface area (Å²) >= 11 is 0. The number of rotatable bonds is 45. The number of hydrogen-bond acceptors (Lipinski definition) is 3. The minimum absolute atomic E-state index is 0.0855. The van der Waals surface area contributed by atoms with Crippen LogP contribution in [-0.2, 0) is 4.79 Å². The van der Waals surface area contributed by atoms with E-state index in [0.29, 0.717) is 6.42 Å². The third kappa shape index (κ3) is 46.4. The average Bonchev–Trinajstić information content (AvgIpc) is 3.25. The molecule has 0 aliphatic rings. The summed E-state index contributed by atoms with van der Waals surface area (Å²) in [5.74, 6) is -0.0855. The monoisotopic (exact) mass is 832 g/mol. The van der Waals surface area contributed by atoms with E-state index in [1.165, 1.54) is 128 Å². The lowest BCUT2D eigenvalue weighted by molar-refractivity contribution is -0.123. The SMILES string of the molecule is CC/C=C\C/C=C\C/C=C\C/C=C\C/C=C\C/C=C\C/C=C\CCCCCCCC(=O)NC(CO)C(O)/C=C/CCCCCCCCCCCCCCCCCCCCC. The summed E-state index contributed by atoms with van der Waals surface area (Å²) < 4.78 is 0. The number of carbonyl (C=O) groups excluding carboxylic acids is 1. The van der Waals surface area contributed by atoms with Crippen molar-refractivity contribution in [1.82, 2.24) is 5.32 Å². The van der Waals surface area contributed by atoms with Gasteiger partial charge in [-0.3, -0.25) is 4.79 Å². The van der Waals surface area contributed by atoms with Gasteiger partial charge in [0.2, 0.25) is 5.91 Å². The molecule has 4 heteroatoms. The second-order valence-electron chi connectivity index (χ2n) is 16.9. The third-order valence-corrected chi connectivity index (χ3v) is 11.1. The highest BCUT2D eigenvalue weighted by atomic mass is 16.3. The fraction of sp³-hybridized carbons (Fsp3) is 0.696. The lowest BCUT2D eigenvalue weighted by Gasteiger charge is -2.20. The van der Waals surface area contributed by atoms with Crippen molar-refractivity contribution in [2.45, 2.75) is 244 Å². The maximum atomic E-state index is 12.4. The van der Waals surface area contributed by atoms with E-state index in [4.69, 9.17) is 0 Å². The molecule has 344 valence electrons. The van der Waals surface area contributed by atoms with Gasteiger partial charge in [-0.1, -0.05) is 246 Å². The minimum Gasteiger partial charge on any atom is -0.394 e. The second-order valence-corrected chi connectivity index (χ2v) is 16.9. The number of nitrogens with one attached hydrogen (secondary N) is 1. The molecule has 4 nitrogen and oxygen atoms in total. The highest BCUT2D eigenvalue weighted by Gasteiger charge is 2.17. The molecule has 0 aliphatic carbocycles. The highest BCUT2D eigenvalue weighted by molar-refractivity contribution is 5.76. The zero-order valence-electron chi connectivity index (χ0n) is 39.4. The predicted molar refractivity (Wildman–Crippen MR) is 266 cm³/mol. The molecule has 0 aromatic carbocycles. The molecular weight excluding hydrogens is 735 g/mol. The van der Waals surface area contributed by atoms with Crippen molar-refractivity contribution in [1.29, 1.82) is 0 Å². The van der Waals surface area contributed by atoms with E-state index in [2.05, 4.69) is 104 Å². The van der Waals surface area contributed by atoms with Crippen LogP contribution in [0.2, 0.25) is 0 Å². The Bertz CT molecular complexity index is 1130. The van der Waals surface area contributed by atoms with Crippen molar-refractivity contribution >= 4 is 5.91 Å². The Labute approximate surface area is 373 Å². The van der Waals surface area contributed by atoms with Gasteiger partial charge in [0.25, 0.3) is 0 Å². The van der Waals surface area contributed by atoms with Crippen LogP contribution in [0.25, 0.3) is 0 Å². The van der Waals surface area contributed by atoms with Crippen molar-refractivity contribution in [3.05, 3.63) is 97.2 Å². The fourth-order valence-electron chi connectivity index (χ4n) is 7.22. The van der Waals surface area contributed by atoms with Crippen molar-refractivity contribution in [3.8, 4) is 0 Å². The Kier molecular flexibility index (Phi) is 48.4. The molecule has 0 heterocycles. The summed E-state index contributed by atoms with van der Waals surface area (Å²) in [6.07, 6.45) is 75.3. The van der Waals surface area contributed by atoms with Crippen LogP contribution in [-0.4, -0.2) is 34.9 Å². The first-order chi connectivity index (χ1) is 29.7. The van der Waals surface area contributed by atoms with Gasteiger partial charge in [0.15, 0.2) is 0 Å². The van der Waals surface area contributed by atoms with Gasteiger partial charge in [-0.2, -0.15) is 0 Å². The lowest BCUT2D eigenvalue weighted by atomic mass is 10.0. The zero-order chi connectivity index (χ0) is 43.5. The topological polar surface area (TPSA) is 69.6 Å². The van der Waals surface area contributed by atoms with Gasteiger partial charge in [0, 0.05) is 6.42 Å². The lowest BCUT2D eigenvalue weighted by Crippen LogP contribution is -2.45. The molecule has 60 heavy (non-hydrogen) atoms. The van der Waals surface area contributed by atoms with E-state index in [9.17, 15) is 15.0 Å². The number of carbonyl (C=O) groups is 1. The molecule has 0 bridgehead atoms. The molecule has 0 saturated heterocycles. The molecule has 0 spiro atoms. The Morgan fingerprint density at radius 3 is 1.10 bits per heavy atom. The molecule has 0 fully saturated rings. The molecule has 0 saturated carbocycles.